The third kappa shape index (κ3) is 5.00. The summed E-state index contributed by atoms with van der Waals surface area (Å²) < 4.78 is 59.7. The van der Waals surface area contributed by atoms with E-state index in [2.05, 4.69) is 20.5 Å². The standard InChI is InChI=1S/C22H19ClF4N4O3/c1-10(22(25,26)27)34-19-7-12(16-5-4-14(23)18(9-32)29-16)15(24)6-13(19)21(33)30-17-8-28-31-20(17)11-2-3-11/h4-8,10-11,32H,2-3,9H2,1H3,(H,28,31)(H,30,33). The average Bonchev–Trinajstić information content (AvgIpc) is 3.53. The summed E-state index contributed by atoms with van der Waals surface area (Å²) in [6.07, 6.45) is -3.76. The summed E-state index contributed by atoms with van der Waals surface area (Å²) in [5, 5.41) is 18.8. The zero-order valence-electron chi connectivity index (χ0n) is 17.7. The highest BCUT2D eigenvalue weighted by Gasteiger charge is 2.39. The maximum Gasteiger partial charge on any atom is 0.425 e. The van der Waals surface area contributed by atoms with Crippen molar-refractivity contribution >= 4 is 23.2 Å². The fraction of sp³-hybridized carbons (Fsp3) is 0.318. The number of nitrogens with zero attached hydrogens (tertiary/aromatic N) is 2. The molecule has 3 N–H and O–H groups in total. The van der Waals surface area contributed by atoms with E-state index in [1.807, 2.05) is 0 Å². The molecule has 1 aromatic carbocycles. The summed E-state index contributed by atoms with van der Waals surface area (Å²) in [6, 6.07) is 4.46. The van der Waals surface area contributed by atoms with Crippen LogP contribution in [-0.2, 0) is 6.61 Å². The summed E-state index contributed by atoms with van der Waals surface area (Å²) in [5.41, 5.74) is 0.371. The summed E-state index contributed by atoms with van der Waals surface area (Å²) >= 11 is 5.92. The third-order valence-corrected chi connectivity index (χ3v) is 5.65. The van der Waals surface area contributed by atoms with Crippen molar-refractivity contribution in [2.24, 2.45) is 0 Å². The van der Waals surface area contributed by atoms with E-state index in [0.29, 0.717) is 11.4 Å². The zero-order chi connectivity index (χ0) is 24.6. The van der Waals surface area contributed by atoms with E-state index >= 15 is 4.39 Å². The second kappa shape index (κ2) is 9.22. The first-order valence-corrected chi connectivity index (χ1v) is 10.6. The molecule has 0 spiro atoms. The molecule has 2 aromatic heterocycles. The van der Waals surface area contributed by atoms with Gasteiger partial charge in [0.2, 0.25) is 0 Å². The number of pyridine rings is 1. The Balaban J connectivity index is 1.74. The summed E-state index contributed by atoms with van der Waals surface area (Å²) in [6.45, 7) is 0.244. The molecule has 12 heteroatoms. The van der Waals surface area contributed by atoms with Crippen molar-refractivity contribution in [2.45, 2.75) is 44.6 Å². The molecule has 180 valence electrons. The van der Waals surface area contributed by atoms with Crippen LogP contribution >= 0.6 is 11.6 Å². The van der Waals surface area contributed by atoms with E-state index in [4.69, 9.17) is 16.3 Å². The number of amides is 1. The second-order valence-corrected chi connectivity index (χ2v) is 8.23. The van der Waals surface area contributed by atoms with Crippen LogP contribution in [0.1, 0.15) is 47.4 Å². The molecule has 7 nitrogen and oxygen atoms in total. The van der Waals surface area contributed by atoms with Gasteiger partial charge in [0, 0.05) is 17.7 Å². The molecule has 34 heavy (non-hydrogen) atoms. The Morgan fingerprint density at radius 2 is 2.09 bits per heavy atom. The van der Waals surface area contributed by atoms with Crippen molar-refractivity contribution in [3.8, 4) is 17.0 Å². The van der Waals surface area contributed by atoms with Crippen LogP contribution in [0.3, 0.4) is 0 Å². The average molecular weight is 499 g/mol. The lowest BCUT2D eigenvalue weighted by molar-refractivity contribution is -0.189. The minimum Gasteiger partial charge on any atom is -0.480 e. The van der Waals surface area contributed by atoms with Gasteiger partial charge in [-0.3, -0.25) is 9.89 Å². The Labute approximate surface area is 196 Å². The summed E-state index contributed by atoms with van der Waals surface area (Å²) in [5.74, 6) is -2.10. The Hall–Kier alpha value is -3.18. The molecule has 1 aliphatic carbocycles. The first kappa shape index (κ1) is 24.0. The topological polar surface area (TPSA) is 100 Å². The molecule has 1 aliphatic rings. The van der Waals surface area contributed by atoms with E-state index in [1.54, 1.807) is 0 Å². The molecule has 4 rings (SSSR count). The van der Waals surface area contributed by atoms with E-state index in [0.717, 1.165) is 31.9 Å². The monoisotopic (exact) mass is 498 g/mol. The fourth-order valence-electron chi connectivity index (χ4n) is 3.29. The molecule has 1 saturated carbocycles. The highest BCUT2D eigenvalue weighted by atomic mass is 35.5. The predicted molar refractivity (Wildman–Crippen MR) is 115 cm³/mol. The van der Waals surface area contributed by atoms with Crippen LogP contribution in [0.25, 0.3) is 11.3 Å². The molecule has 0 bridgehead atoms. The number of nitrogens with one attached hydrogen (secondary N) is 2. The van der Waals surface area contributed by atoms with E-state index in [1.165, 1.54) is 18.3 Å². The SMILES string of the molecule is CC(Oc1cc(-c2ccc(Cl)c(CO)n2)c(F)cc1C(=O)Nc1c[nH]nc1C1CC1)C(F)(F)F. The number of anilines is 1. The molecule has 1 amide bonds. The lowest BCUT2D eigenvalue weighted by Crippen LogP contribution is -2.32. The van der Waals surface area contributed by atoms with Gasteiger partial charge in [-0.2, -0.15) is 18.3 Å². The molecule has 1 unspecified atom stereocenters. The van der Waals surface area contributed by atoms with Crippen molar-refractivity contribution in [1.29, 1.82) is 0 Å². The molecule has 0 saturated heterocycles. The van der Waals surface area contributed by atoms with Gasteiger partial charge in [0.05, 0.1) is 40.0 Å². The molecule has 1 atom stereocenters. The second-order valence-electron chi connectivity index (χ2n) is 7.83. The van der Waals surface area contributed by atoms with E-state index < -0.39 is 41.9 Å². The number of carbonyl (C=O) groups is 1. The minimum absolute atomic E-state index is 0.00623. The van der Waals surface area contributed by atoms with Crippen LogP contribution < -0.4 is 10.1 Å². The van der Waals surface area contributed by atoms with Crippen molar-refractivity contribution in [1.82, 2.24) is 15.2 Å². The van der Waals surface area contributed by atoms with Crippen molar-refractivity contribution < 1.29 is 32.2 Å². The van der Waals surface area contributed by atoms with Crippen LogP contribution in [0.15, 0.2) is 30.5 Å². The van der Waals surface area contributed by atoms with Crippen LogP contribution in [-0.4, -0.2) is 38.5 Å². The number of ether oxygens (including phenoxy) is 1. The van der Waals surface area contributed by atoms with E-state index in [-0.39, 0.29) is 27.9 Å². The normalized spacial score (nSPS) is 14.7. The van der Waals surface area contributed by atoms with Crippen LogP contribution in [0.4, 0.5) is 23.2 Å². The van der Waals surface area contributed by atoms with Crippen LogP contribution in [0.2, 0.25) is 5.02 Å². The van der Waals surface area contributed by atoms with Crippen molar-refractivity contribution in [2.75, 3.05) is 5.32 Å². The molecule has 2 heterocycles. The maximum atomic E-state index is 15.1. The fourth-order valence-corrected chi connectivity index (χ4v) is 3.45. The van der Waals surface area contributed by atoms with Gasteiger partial charge in [0.1, 0.15) is 11.6 Å². The maximum absolute atomic E-state index is 15.1. The summed E-state index contributed by atoms with van der Waals surface area (Å²) in [7, 11) is 0. The summed E-state index contributed by atoms with van der Waals surface area (Å²) in [4.78, 5) is 17.0. The third-order valence-electron chi connectivity index (χ3n) is 5.31. The number of hydrogen-bond acceptors (Lipinski definition) is 5. The zero-order valence-corrected chi connectivity index (χ0v) is 18.5. The Morgan fingerprint density at radius 3 is 2.74 bits per heavy atom. The Kier molecular flexibility index (Phi) is 6.50. The van der Waals surface area contributed by atoms with Crippen molar-refractivity contribution in [3.63, 3.8) is 0 Å². The predicted octanol–water partition coefficient (Wildman–Crippen LogP) is 5.22. The molecule has 1 fully saturated rings. The van der Waals surface area contributed by atoms with Gasteiger partial charge in [-0.1, -0.05) is 11.6 Å². The number of aromatic amines is 1. The van der Waals surface area contributed by atoms with E-state index in [9.17, 15) is 23.1 Å². The molecule has 0 radical (unpaired) electrons. The quantitative estimate of drug-likeness (QED) is 0.388. The highest BCUT2D eigenvalue weighted by molar-refractivity contribution is 6.31. The van der Waals surface area contributed by atoms with Gasteiger partial charge < -0.3 is 15.2 Å². The first-order chi connectivity index (χ1) is 16.1. The number of aliphatic hydroxyl groups is 1. The first-order valence-electron chi connectivity index (χ1n) is 10.3. The van der Waals surface area contributed by atoms with Gasteiger partial charge >= 0.3 is 6.18 Å². The number of alkyl halides is 3. The molecular weight excluding hydrogens is 480 g/mol. The van der Waals surface area contributed by atoms with Gasteiger partial charge in [-0.05, 0) is 44.0 Å². The Bertz CT molecular complexity index is 1230. The molecule has 0 aliphatic heterocycles. The minimum atomic E-state index is -4.73. The number of H-pyrrole nitrogens is 1. The molecular formula is C22H19ClF4N4O3. The van der Waals surface area contributed by atoms with Crippen molar-refractivity contribution in [3.05, 3.63) is 58.3 Å². The Morgan fingerprint density at radius 1 is 1.35 bits per heavy atom. The number of hydrogen-bond donors (Lipinski definition) is 3. The number of benzene rings is 1. The van der Waals surface area contributed by atoms with Crippen LogP contribution in [0, 0.1) is 5.82 Å². The number of aliphatic hydroxyl groups excluding tert-OH is 1. The van der Waals surface area contributed by atoms with Gasteiger partial charge in [0.15, 0.2) is 6.10 Å². The number of carbonyl (C=O) groups excluding carboxylic acids is 1. The largest absolute Gasteiger partial charge is 0.480 e. The van der Waals surface area contributed by atoms with Crippen LogP contribution in [0.5, 0.6) is 5.75 Å². The smallest absolute Gasteiger partial charge is 0.425 e. The lowest BCUT2D eigenvalue weighted by Gasteiger charge is -2.20. The van der Waals surface area contributed by atoms with Gasteiger partial charge in [0.25, 0.3) is 5.91 Å². The molecule has 3 aromatic rings. The highest BCUT2D eigenvalue weighted by Crippen LogP contribution is 2.42. The van der Waals surface area contributed by atoms with Gasteiger partial charge in [-0.15, -0.1) is 0 Å². The number of halogens is 5. The number of aromatic nitrogens is 3. The van der Waals surface area contributed by atoms with Gasteiger partial charge in [-0.25, -0.2) is 9.37 Å². The lowest BCUT2D eigenvalue weighted by atomic mass is 10.0. The number of rotatable bonds is 7.